The fourth-order valence-electron chi connectivity index (χ4n) is 2.65. The molecular formula is C16H20F4N2O2. The number of nitrogens with one attached hydrogen (secondary N) is 1. The number of carbonyl (C=O) groups is 1. The van der Waals surface area contributed by atoms with Crippen LogP contribution in [0.25, 0.3) is 0 Å². The van der Waals surface area contributed by atoms with Crippen molar-refractivity contribution in [1.29, 1.82) is 0 Å². The fourth-order valence-corrected chi connectivity index (χ4v) is 2.65. The Morgan fingerprint density at radius 2 is 1.88 bits per heavy atom. The maximum Gasteiger partial charge on any atom is 0.254 e. The van der Waals surface area contributed by atoms with E-state index < -0.39 is 40.8 Å². The van der Waals surface area contributed by atoms with E-state index in [2.05, 4.69) is 17.1 Å². The lowest BCUT2D eigenvalue weighted by atomic mass is 9.99. The summed E-state index contributed by atoms with van der Waals surface area (Å²) in [5.74, 6) is -7.89. The van der Waals surface area contributed by atoms with Crippen LogP contribution in [-0.2, 0) is 0 Å². The number of aliphatic hydroxyl groups is 1. The Bertz CT molecular complexity index is 604. The standard InChI is InChI=1S/C16H20F4N2O2/c1-9-2-4-22(5-3-9)8-10(23)7-21-16(24)11-6-12(17)14(19)15(20)13(11)18/h6,9-10,23H,2-5,7-8H2,1H3,(H,21,24). The fraction of sp³-hybridized carbons (Fsp3) is 0.562. The highest BCUT2D eigenvalue weighted by Gasteiger charge is 2.24. The first-order valence-electron chi connectivity index (χ1n) is 7.81. The van der Waals surface area contributed by atoms with E-state index in [0.717, 1.165) is 25.9 Å². The van der Waals surface area contributed by atoms with Gasteiger partial charge in [-0.2, -0.15) is 0 Å². The van der Waals surface area contributed by atoms with Gasteiger partial charge >= 0.3 is 0 Å². The van der Waals surface area contributed by atoms with Crippen molar-refractivity contribution >= 4 is 5.91 Å². The molecule has 2 rings (SSSR count). The van der Waals surface area contributed by atoms with E-state index in [-0.39, 0.29) is 6.54 Å². The molecule has 134 valence electrons. The molecule has 2 N–H and O–H groups in total. The summed E-state index contributed by atoms with van der Waals surface area (Å²) in [7, 11) is 0. The highest BCUT2D eigenvalue weighted by Crippen LogP contribution is 2.19. The van der Waals surface area contributed by atoms with E-state index in [0.29, 0.717) is 18.5 Å². The number of hydrogen-bond acceptors (Lipinski definition) is 3. The Balaban J connectivity index is 1.89. The first-order valence-corrected chi connectivity index (χ1v) is 7.81. The number of hydrogen-bond donors (Lipinski definition) is 2. The summed E-state index contributed by atoms with van der Waals surface area (Å²) in [4.78, 5) is 13.8. The summed E-state index contributed by atoms with van der Waals surface area (Å²) in [6.45, 7) is 3.97. The lowest BCUT2D eigenvalue weighted by molar-refractivity contribution is 0.0792. The first-order chi connectivity index (χ1) is 11.3. The number of likely N-dealkylation sites (tertiary alicyclic amines) is 1. The second-order valence-corrected chi connectivity index (χ2v) is 6.19. The lowest BCUT2D eigenvalue weighted by Gasteiger charge is -2.31. The summed E-state index contributed by atoms with van der Waals surface area (Å²) in [5.41, 5.74) is -0.939. The molecule has 0 spiro atoms. The summed E-state index contributed by atoms with van der Waals surface area (Å²) >= 11 is 0. The molecule has 0 radical (unpaired) electrons. The van der Waals surface area contributed by atoms with Gasteiger partial charge in [0, 0.05) is 13.1 Å². The van der Waals surface area contributed by atoms with Gasteiger partial charge in [0.05, 0.1) is 11.7 Å². The van der Waals surface area contributed by atoms with E-state index in [1.165, 1.54) is 0 Å². The Labute approximate surface area is 137 Å². The van der Waals surface area contributed by atoms with Crippen LogP contribution < -0.4 is 5.32 Å². The molecule has 1 fully saturated rings. The molecule has 8 heteroatoms. The van der Waals surface area contributed by atoms with Gasteiger partial charge < -0.3 is 15.3 Å². The number of halogens is 4. The Hall–Kier alpha value is -1.67. The van der Waals surface area contributed by atoms with Crippen molar-refractivity contribution in [2.24, 2.45) is 5.92 Å². The molecular weight excluding hydrogens is 328 g/mol. The van der Waals surface area contributed by atoms with Crippen LogP contribution in [0.3, 0.4) is 0 Å². The van der Waals surface area contributed by atoms with Crippen molar-refractivity contribution in [2.75, 3.05) is 26.2 Å². The van der Waals surface area contributed by atoms with E-state index in [1.807, 2.05) is 0 Å². The van der Waals surface area contributed by atoms with Gasteiger partial charge in [0.15, 0.2) is 23.3 Å². The van der Waals surface area contributed by atoms with Gasteiger partial charge in [-0.3, -0.25) is 4.79 Å². The summed E-state index contributed by atoms with van der Waals surface area (Å²) in [5, 5.41) is 12.1. The number of rotatable bonds is 5. The zero-order valence-corrected chi connectivity index (χ0v) is 13.3. The lowest BCUT2D eigenvalue weighted by Crippen LogP contribution is -2.43. The second-order valence-electron chi connectivity index (χ2n) is 6.19. The predicted molar refractivity (Wildman–Crippen MR) is 79.5 cm³/mol. The van der Waals surface area contributed by atoms with Crippen molar-refractivity contribution in [1.82, 2.24) is 10.2 Å². The maximum absolute atomic E-state index is 13.5. The molecule has 1 aromatic carbocycles. The Morgan fingerprint density at radius 3 is 2.50 bits per heavy atom. The number of piperidine rings is 1. The molecule has 24 heavy (non-hydrogen) atoms. The van der Waals surface area contributed by atoms with Crippen molar-refractivity contribution in [2.45, 2.75) is 25.9 Å². The van der Waals surface area contributed by atoms with E-state index >= 15 is 0 Å². The average Bonchev–Trinajstić information content (AvgIpc) is 2.56. The quantitative estimate of drug-likeness (QED) is 0.487. The number of benzene rings is 1. The van der Waals surface area contributed by atoms with Crippen LogP contribution in [0.1, 0.15) is 30.1 Å². The molecule has 1 aliphatic rings. The first kappa shape index (κ1) is 18.7. The van der Waals surface area contributed by atoms with Crippen LogP contribution in [0.5, 0.6) is 0 Å². The topological polar surface area (TPSA) is 52.6 Å². The van der Waals surface area contributed by atoms with Crippen LogP contribution in [0.2, 0.25) is 0 Å². The third-order valence-electron chi connectivity index (χ3n) is 4.19. The van der Waals surface area contributed by atoms with E-state index in [9.17, 15) is 27.5 Å². The third-order valence-corrected chi connectivity index (χ3v) is 4.19. The van der Waals surface area contributed by atoms with Gasteiger partial charge in [-0.05, 0) is 37.9 Å². The second kappa shape index (κ2) is 7.94. The summed E-state index contributed by atoms with van der Waals surface area (Å²) in [6, 6.07) is 0.293. The van der Waals surface area contributed by atoms with Crippen molar-refractivity contribution < 1.29 is 27.5 Å². The van der Waals surface area contributed by atoms with Crippen molar-refractivity contribution in [3.63, 3.8) is 0 Å². The third kappa shape index (κ3) is 4.45. The molecule has 1 aromatic rings. The molecule has 1 amide bonds. The molecule has 4 nitrogen and oxygen atoms in total. The van der Waals surface area contributed by atoms with Gasteiger partial charge in [-0.25, -0.2) is 17.6 Å². The Morgan fingerprint density at radius 1 is 1.25 bits per heavy atom. The van der Waals surface area contributed by atoms with Crippen molar-refractivity contribution in [3.8, 4) is 0 Å². The maximum atomic E-state index is 13.5. The number of amides is 1. The molecule has 0 saturated carbocycles. The van der Waals surface area contributed by atoms with Gasteiger partial charge in [-0.15, -0.1) is 0 Å². The highest BCUT2D eigenvalue weighted by atomic mass is 19.2. The minimum atomic E-state index is -2.04. The predicted octanol–water partition coefficient (Wildman–Crippen LogP) is 2.07. The van der Waals surface area contributed by atoms with E-state index in [1.54, 1.807) is 0 Å². The average molecular weight is 348 g/mol. The molecule has 0 aliphatic carbocycles. The zero-order valence-electron chi connectivity index (χ0n) is 13.3. The van der Waals surface area contributed by atoms with Crippen LogP contribution in [0, 0.1) is 29.2 Å². The number of carbonyl (C=O) groups excluding carboxylic acids is 1. The smallest absolute Gasteiger partial charge is 0.254 e. The monoisotopic (exact) mass is 348 g/mol. The number of β-amino-alcohol motifs (C(OH)–C–C–N with tert-alkyl or cyclic N) is 1. The van der Waals surface area contributed by atoms with Crippen LogP contribution in [0.15, 0.2) is 6.07 Å². The number of aliphatic hydroxyl groups excluding tert-OH is 1. The number of nitrogens with zero attached hydrogens (tertiary/aromatic N) is 1. The van der Waals surface area contributed by atoms with Gasteiger partial charge in [-0.1, -0.05) is 6.92 Å². The van der Waals surface area contributed by atoms with E-state index in [4.69, 9.17) is 0 Å². The zero-order chi connectivity index (χ0) is 17.9. The van der Waals surface area contributed by atoms with Gasteiger partial charge in [0.2, 0.25) is 0 Å². The summed E-state index contributed by atoms with van der Waals surface area (Å²) < 4.78 is 52.6. The molecule has 1 saturated heterocycles. The SMILES string of the molecule is CC1CCN(CC(O)CNC(=O)c2cc(F)c(F)c(F)c2F)CC1. The molecule has 1 unspecified atom stereocenters. The van der Waals surface area contributed by atoms with Gasteiger partial charge in [0.1, 0.15) is 0 Å². The molecule has 1 aliphatic heterocycles. The minimum absolute atomic E-state index is 0.203. The van der Waals surface area contributed by atoms with Crippen LogP contribution >= 0.6 is 0 Å². The largest absolute Gasteiger partial charge is 0.390 e. The minimum Gasteiger partial charge on any atom is -0.390 e. The Kier molecular flexibility index (Phi) is 6.17. The van der Waals surface area contributed by atoms with Crippen LogP contribution in [0.4, 0.5) is 17.6 Å². The normalized spacial score (nSPS) is 17.8. The van der Waals surface area contributed by atoms with Crippen LogP contribution in [-0.4, -0.2) is 48.2 Å². The molecule has 1 heterocycles. The molecule has 0 bridgehead atoms. The van der Waals surface area contributed by atoms with Gasteiger partial charge in [0.25, 0.3) is 5.91 Å². The molecule has 0 aromatic heterocycles. The highest BCUT2D eigenvalue weighted by molar-refractivity contribution is 5.94. The van der Waals surface area contributed by atoms with Crippen molar-refractivity contribution in [3.05, 3.63) is 34.9 Å². The molecule has 1 atom stereocenters. The summed E-state index contributed by atoms with van der Waals surface area (Å²) in [6.07, 6.45) is 1.15.